The van der Waals surface area contributed by atoms with Gasteiger partial charge in [-0.1, -0.05) is 17.3 Å². The monoisotopic (exact) mass is 314 g/mol. The number of carbonyl (C=O) groups excluding carboxylic acids is 1. The predicted octanol–water partition coefficient (Wildman–Crippen LogP) is 3.55. The Bertz CT molecular complexity index is 829. The lowest BCUT2D eigenvalue weighted by Gasteiger charge is -2.02. The molecule has 4 nitrogen and oxygen atoms in total. The molecule has 0 radical (unpaired) electrons. The normalized spacial score (nSPS) is 10.5. The number of rotatable bonds is 4. The number of halogens is 2. The SMILES string of the molecule is O=C(NCc1cc(-c2ccccc2F)on1)c1ccc(F)cc1. The minimum Gasteiger partial charge on any atom is -0.356 e. The maximum Gasteiger partial charge on any atom is 0.251 e. The molecule has 1 aromatic heterocycles. The van der Waals surface area contributed by atoms with Crippen LogP contribution >= 0.6 is 0 Å². The van der Waals surface area contributed by atoms with Gasteiger partial charge in [0, 0.05) is 11.6 Å². The van der Waals surface area contributed by atoms with Gasteiger partial charge in [-0.05, 0) is 36.4 Å². The molecule has 0 saturated heterocycles. The first-order valence-electron chi connectivity index (χ1n) is 6.88. The van der Waals surface area contributed by atoms with Gasteiger partial charge in [0.15, 0.2) is 5.76 Å². The fraction of sp³-hybridized carbons (Fsp3) is 0.0588. The van der Waals surface area contributed by atoms with Crippen molar-refractivity contribution >= 4 is 5.91 Å². The van der Waals surface area contributed by atoms with Gasteiger partial charge in [0.25, 0.3) is 5.91 Å². The zero-order valence-corrected chi connectivity index (χ0v) is 11.9. The van der Waals surface area contributed by atoms with Crippen LogP contribution in [0.4, 0.5) is 8.78 Å². The molecule has 0 spiro atoms. The smallest absolute Gasteiger partial charge is 0.251 e. The highest BCUT2D eigenvalue weighted by atomic mass is 19.1. The van der Waals surface area contributed by atoms with Gasteiger partial charge in [-0.3, -0.25) is 4.79 Å². The van der Waals surface area contributed by atoms with Crippen molar-refractivity contribution in [3.05, 3.63) is 77.5 Å². The summed E-state index contributed by atoms with van der Waals surface area (Å²) >= 11 is 0. The van der Waals surface area contributed by atoms with E-state index in [2.05, 4.69) is 10.5 Å². The maximum atomic E-state index is 13.7. The summed E-state index contributed by atoms with van der Waals surface area (Å²) in [6.07, 6.45) is 0. The van der Waals surface area contributed by atoms with Crippen LogP contribution in [0.2, 0.25) is 0 Å². The molecule has 116 valence electrons. The van der Waals surface area contributed by atoms with Gasteiger partial charge in [0.05, 0.1) is 12.1 Å². The number of hydrogen-bond acceptors (Lipinski definition) is 3. The summed E-state index contributed by atoms with van der Waals surface area (Å²) < 4.78 is 31.6. The number of nitrogens with one attached hydrogen (secondary N) is 1. The van der Waals surface area contributed by atoms with Crippen LogP contribution in [0.25, 0.3) is 11.3 Å². The van der Waals surface area contributed by atoms with Crippen LogP contribution in [0.15, 0.2) is 59.1 Å². The summed E-state index contributed by atoms with van der Waals surface area (Å²) in [5.74, 6) is -0.896. The molecule has 0 aliphatic heterocycles. The zero-order valence-electron chi connectivity index (χ0n) is 11.9. The summed E-state index contributed by atoms with van der Waals surface area (Å²) in [5.41, 5.74) is 1.10. The molecular weight excluding hydrogens is 302 g/mol. The van der Waals surface area contributed by atoms with E-state index in [0.717, 1.165) is 0 Å². The zero-order chi connectivity index (χ0) is 16.2. The Balaban J connectivity index is 1.67. The molecule has 2 aromatic carbocycles. The number of carbonyl (C=O) groups is 1. The standard InChI is InChI=1S/C17H12F2N2O2/c18-12-7-5-11(6-8-12)17(22)20-10-13-9-16(23-21-13)14-3-1-2-4-15(14)19/h1-9H,10H2,(H,20,22). The molecule has 1 amide bonds. The van der Waals surface area contributed by atoms with E-state index in [1.54, 1.807) is 24.3 Å². The Morgan fingerprint density at radius 3 is 2.57 bits per heavy atom. The second-order valence-electron chi connectivity index (χ2n) is 4.85. The first kappa shape index (κ1) is 14.9. The van der Waals surface area contributed by atoms with E-state index in [1.165, 1.54) is 30.3 Å². The molecule has 6 heteroatoms. The molecule has 3 aromatic rings. The molecule has 1 N–H and O–H groups in total. The first-order chi connectivity index (χ1) is 11.1. The van der Waals surface area contributed by atoms with Crippen LogP contribution in [-0.2, 0) is 6.54 Å². The first-order valence-corrected chi connectivity index (χ1v) is 6.88. The Labute approximate surface area is 130 Å². The summed E-state index contributed by atoms with van der Waals surface area (Å²) in [6.45, 7) is 0.119. The van der Waals surface area contributed by atoms with E-state index >= 15 is 0 Å². The lowest BCUT2D eigenvalue weighted by molar-refractivity contribution is 0.0950. The molecule has 0 atom stereocenters. The number of hydrogen-bond donors (Lipinski definition) is 1. The Morgan fingerprint density at radius 2 is 1.83 bits per heavy atom. The summed E-state index contributed by atoms with van der Waals surface area (Å²) in [6, 6.07) is 12.9. The number of benzene rings is 2. The summed E-state index contributed by atoms with van der Waals surface area (Å²) in [4.78, 5) is 11.9. The van der Waals surface area contributed by atoms with Crippen LogP contribution in [0.5, 0.6) is 0 Å². The third-order valence-corrected chi connectivity index (χ3v) is 3.23. The number of nitrogens with zero attached hydrogens (tertiary/aromatic N) is 1. The molecule has 23 heavy (non-hydrogen) atoms. The van der Waals surface area contributed by atoms with E-state index in [-0.39, 0.29) is 18.2 Å². The van der Waals surface area contributed by atoms with Gasteiger partial charge in [0.2, 0.25) is 0 Å². The van der Waals surface area contributed by atoms with Gasteiger partial charge >= 0.3 is 0 Å². The number of aromatic nitrogens is 1. The van der Waals surface area contributed by atoms with Crippen molar-refractivity contribution in [2.45, 2.75) is 6.54 Å². The van der Waals surface area contributed by atoms with E-state index in [0.29, 0.717) is 16.8 Å². The highest BCUT2D eigenvalue weighted by Gasteiger charge is 2.12. The lowest BCUT2D eigenvalue weighted by Crippen LogP contribution is -2.22. The summed E-state index contributed by atoms with van der Waals surface area (Å²) in [5, 5.41) is 6.43. The molecular formula is C17H12F2N2O2. The van der Waals surface area contributed by atoms with Crippen LogP contribution in [-0.4, -0.2) is 11.1 Å². The van der Waals surface area contributed by atoms with Crippen molar-refractivity contribution in [3.8, 4) is 11.3 Å². The predicted molar refractivity (Wildman–Crippen MR) is 79.5 cm³/mol. The summed E-state index contributed by atoms with van der Waals surface area (Å²) in [7, 11) is 0. The topological polar surface area (TPSA) is 55.1 Å². The van der Waals surface area contributed by atoms with Gasteiger partial charge in [0.1, 0.15) is 17.3 Å². The average Bonchev–Trinajstić information content (AvgIpc) is 3.02. The van der Waals surface area contributed by atoms with Gasteiger partial charge in [-0.15, -0.1) is 0 Å². The molecule has 0 aliphatic carbocycles. The molecule has 3 rings (SSSR count). The van der Waals surface area contributed by atoms with Crippen molar-refractivity contribution in [1.82, 2.24) is 10.5 Å². The third-order valence-electron chi connectivity index (χ3n) is 3.23. The molecule has 0 unspecified atom stereocenters. The molecule has 0 fully saturated rings. The van der Waals surface area contributed by atoms with Crippen LogP contribution in [0.3, 0.4) is 0 Å². The Hall–Kier alpha value is -3.02. The van der Waals surface area contributed by atoms with Gasteiger partial charge in [-0.2, -0.15) is 0 Å². The molecule has 0 aliphatic rings. The molecule has 0 saturated carbocycles. The number of amides is 1. The fourth-order valence-electron chi connectivity index (χ4n) is 2.06. The second kappa shape index (κ2) is 6.39. The largest absolute Gasteiger partial charge is 0.356 e. The lowest BCUT2D eigenvalue weighted by atomic mass is 10.1. The Kier molecular flexibility index (Phi) is 4.14. The third kappa shape index (κ3) is 3.42. The minimum absolute atomic E-state index is 0.119. The van der Waals surface area contributed by atoms with Crippen molar-refractivity contribution in [3.63, 3.8) is 0 Å². The molecule has 1 heterocycles. The van der Waals surface area contributed by atoms with E-state index in [4.69, 9.17) is 4.52 Å². The van der Waals surface area contributed by atoms with Crippen molar-refractivity contribution in [2.24, 2.45) is 0 Å². The van der Waals surface area contributed by atoms with Gasteiger partial charge in [-0.25, -0.2) is 8.78 Å². The van der Waals surface area contributed by atoms with Crippen molar-refractivity contribution < 1.29 is 18.1 Å². The van der Waals surface area contributed by atoms with Crippen molar-refractivity contribution in [1.29, 1.82) is 0 Å². The van der Waals surface area contributed by atoms with E-state index in [1.807, 2.05) is 0 Å². The highest BCUT2D eigenvalue weighted by Crippen LogP contribution is 2.23. The Morgan fingerprint density at radius 1 is 1.09 bits per heavy atom. The van der Waals surface area contributed by atoms with Crippen LogP contribution in [0, 0.1) is 11.6 Å². The highest BCUT2D eigenvalue weighted by molar-refractivity contribution is 5.94. The second-order valence-corrected chi connectivity index (χ2v) is 4.85. The quantitative estimate of drug-likeness (QED) is 0.801. The van der Waals surface area contributed by atoms with E-state index in [9.17, 15) is 13.6 Å². The average molecular weight is 314 g/mol. The van der Waals surface area contributed by atoms with E-state index < -0.39 is 11.6 Å². The van der Waals surface area contributed by atoms with Crippen LogP contribution < -0.4 is 5.32 Å². The minimum atomic E-state index is -0.412. The van der Waals surface area contributed by atoms with Crippen LogP contribution in [0.1, 0.15) is 16.1 Å². The van der Waals surface area contributed by atoms with Crippen molar-refractivity contribution in [2.75, 3.05) is 0 Å². The molecule has 0 bridgehead atoms. The van der Waals surface area contributed by atoms with Gasteiger partial charge < -0.3 is 9.84 Å². The maximum absolute atomic E-state index is 13.7. The fourth-order valence-corrected chi connectivity index (χ4v) is 2.06.